The molecule has 140 valence electrons. The predicted octanol–water partition coefficient (Wildman–Crippen LogP) is 3.02. The predicted molar refractivity (Wildman–Crippen MR) is 102 cm³/mol. The number of piperidine rings is 1. The van der Waals surface area contributed by atoms with Crippen LogP contribution in [0.2, 0.25) is 0 Å². The summed E-state index contributed by atoms with van der Waals surface area (Å²) in [7, 11) is 0. The number of anilines is 2. The zero-order valence-electron chi connectivity index (χ0n) is 15.2. The summed E-state index contributed by atoms with van der Waals surface area (Å²) in [6.07, 6.45) is 4.74. The SMILES string of the molecule is CC1(Nc2nc(C#N)cc3cnc(N[C@H]4CCCN(C(=O)O)C4)cc23)CC1. The van der Waals surface area contributed by atoms with Gasteiger partial charge >= 0.3 is 6.09 Å². The number of carbonyl (C=O) groups is 1. The van der Waals surface area contributed by atoms with E-state index in [1.54, 1.807) is 12.3 Å². The van der Waals surface area contributed by atoms with E-state index in [0.717, 1.165) is 36.5 Å². The number of pyridine rings is 2. The van der Waals surface area contributed by atoms with Gasteiger partial charge in [-0.3, -0.25) is 0 Å². The molecule has 1 amide bonds. The Kier molecular flexibility index (Phi) is 4.22. The second-order valence-corrected chi connectivity index (χ2v) is 7.66. The molecule has 0 unspecified atom stereocenters. The van der Waals surface area contributed by atoms with Gasteiger partial charge in [0.15, 0.2) is 0 Å². The Bertz CT molecular complexity index is 934. The summed E-state index contributed by atoms with van der Waals surface area (Å²) in [4.78, 5) is 21.6. The number of fused-ring (bicyclic) bond motifs is 1. The molecule has 3 N–H and O–H groups in total. The average Bonchev–Trinajstić information content (AvgIpc) is 3.39. The first-order valence-electron chi connectivity index (χ1n) is 9.19. The molecule has 1 atom stereocenters. The van der Waals surface area contributed by atoms with E-state index >= 15 is 0 Å². The van der Waals surface area contributed by atoms with Crippen LogP contribution in [0.4, 0.5) is 16.4 Å². The summed E-state index contributed by atoms with van der Waals surface area (Å²) >= 11 is 0. The van der Waals surface area contributed by atoms with Crippen LogP contribution in [0.15, 0.2) is 18.3 Å². The molecule has 2 aromatic rings. The summed E-state index contributed by atoms with van der Waals surface area (Å²) in [6.45, 7) is 3.17. The van der Waals surface area contributed by atoms with Crippen LogP contribution in [0, 0.1) is 11.3 Å². The van der Waals surface area contributed by atoms with Gasteiger partial charge in [0.1, 0.15) is 23.4 Å². The van der Waals surface area contributed by atoms with E-state index in [2.05, 4.69) is 33.6 Å². The van der Waals surface area contributed by atoms with Crippen LogP contribution in [-0.2, 0) is 0 Å². The molecule has 0 aromatic carbocycles. The van der Waals surface area contributed by atoms with Gasteiger partial charge in [-0.15, -0.1) is 0 Å². The van der Waals surface area contributed by atoms with Crippen molar-refractivity contribution in [1.29, 1.82) is 5.26 Å². The lowest BCUT2D eigenvalue weighted by Crippen LogP contribution is -2.44. The molecule has 2 aliphatic rings. The normalized spacial score (nSPS) is 20.7. The van der Waals surface area contributed by atoms with Crippen molar-refractivity contribution in [3.63, 3.8) is 0 Å². The van der Waals surface area contributed by atoms with E-state index in [1.165, 1.54) is 4.90 Å². The Morgan fingerprint density at radius 2 is 2.26 bits per heavy atom. The maximum Gasteiger partial charge on any atom is 0.407 e. The average molecular weight is 366 g/mol. The highest BCUT2D eigenvalue weighted by molar-refractivity contribution is 5.94. The van der Waals surface area contributed by atoms with Crippen molar-refractivity contribution in [2.24, 2.45) is 0 Å². The summed E-state index contributed by atoms with van der Waals surface area (Å²) in [5, 5.41) is 27.0. The summed E-state index contributed by atoms with van der Waals surface area (Å²) in [6, 6.07) is 5.80. The fourth-order valence-corrected chi connectivity index (χ4v) is 3.45. The van der Waals surface area contributed by atoms with Gasteiger partial charge in [0.25, 0.3) is 0 Å². The van der Waals surface area contributed by atoms with E-state index in [0.29, 0.717) is 30.4 Å². The van der Waals surface area contributed by atoms with Gasteiger partial charge in [0.05, 0.1) is 0 Å². The lowest BCUT2D eigenvalue weighted by atomic mass is 10.1. The number of carboxylic acid groups (broad SMARTS) is 1. The number of rotatable bonds is 4. The molecule has 27 heavy (non-hydrogen) atoms. The van der Waals surface area contributed by atoms with E-state index in [4.69, 9.17) is 0 Å². The Labute approximate surface area is 157 Å². The smallest absolute Gasteiger partial charge is 0.407 e. The van der Waals surface area contributed by atoms with Crippen molar-refractivity contribution in [2.45, 2.75) is 44.2 Å². The zero-order chi connectivity index (χ0) is 19.0. The maximum absolute atomic E-state index is 11.2. The first-order valence-corrected chi connectivity index (χ1v) is 9.19. The molecular weight excluding hydrogens is 344 g/mol. The van der Waals surface area contributed by atoms with Crippen molar-refractivity contribution in [1.82, 2.24) is 14.9 Å². The second kappa shape index (κ2) is 6.58. The Balaban J connectivity index is 1.62. The fraction of sp³-hybridized carbons (Fsp3) is 0.474. The number of likely N-dealkylation sites (tertiary alicyclic amines) is 1. The largest absolute Gasteiger partial charge is 0.465 e. The molecule has 3 heterocycles. The lowest BCUT2D eigenvalue weighted by molar-refractivity contribution is 0.133. The topological polar surface area (TPSA) is 114 Å². The fourth-order valence-electron chi connectivity index (χ4n) is 3.45. The minimum absolute atomic E-state index is 0.0310. The van der Waals surface area contributed by atoms with Crippen LogP contribution >= 0.6 is 0 Å². The molecule has 8 nitrogen and oxygen atoms in total. The number of hydrogen-bond donors (Lipinski definition) is 3. The standard InChI is InChI=1S/C19H22N6O2/c1-19(4-5-19)24-17-15-8-16(21-10-12(15)7-14(9-20)23-17)22-13-3-2-6-25(11-13)18(26)27/h7-8,10,13H,2-6,11H2,1H3,(H,21,22)(H,23,24)(H,26,27)/t13-/m0/s1. The number of nitrogens with zero attached hydrogens (tertiary/aromatic N) is 4. The quantitative estimate of drug-likeness (QED) is 0.762. The molecule has 2 aromatic heterocycles. The first kappa shape index (κ1) is 17.3. The molecule has 1 aliphatic carbocycles. The summed E-state index contributed by atoms with van der Waals surface area (Å²) in [5.41, 5.74) is 0.400. The molecule has 1 saturated carbocycles. The Hall–Kier alpha value is -3.08. The Morgan fingerprint density at radius 3 is 2.96 bits per heavy atom. The molecule has 4 rings (SSSR count). The molecule has 1 aliphatic heterocycles. The van der Waals surface area contributed by atoms with Gasteiger partial charge in [-0.25, -0.2) is 14.8 Å². The third-order valence-corrected chi connectivity index (χ3v) is 5.29. The van der Waals surface area contributed by atoms with Crippen molar-refractivity contribution in [2.75, 3.05) is 23.7 Å². The number of hydrogen-bond acceptors (Lipinski definition) is 6. The van der Waals surface area contributed by atoms with Crippen molar-refractivity contribution in [3.05, 3.63) is 24.0 Å². The lowest BCUT2D eigenvalue weighted by Gasteiger charge is -2.31. The summed E-state index contributed by atoms with van der Waals surface area (Å²) in [5.74, 6) is 1.39. The molecule has 2 fully saturated rings. The van der Waals surface area contributed by atoms with Gasteiger partial charge in [-0.05, 0) is 44.7 Å². The highest BCUT2D eigenvalue weighted by atomic mass is 16.4. The second-order valence-electron chi connectivity index (χ2n) is 7.66. The molecule has 0 radical (unpaired) electrons. The zero-order valence-corrected chi connectivity index (χ0v) is 15.2. The minimum Gasteiger partial charge on any atom is -0.465 e. The minimum atomic E-state index is -0.884. The number of nitrogens with one attached hydrogen (secondary N) is 2. The van der Waals surface area contributed by atoms with Crippen LogP contribution in [0.5, 0.6) is 0 Å². The van der Waals surface area contributed by atoms with E-state index in [9.17, 15) is 15.2 Å². The molecule has 0 bridgehead atoms. The van der Waals surface area contributed by atoms with Gasteiger partial charge in [-0.2, -0.15) is 5.26 Å². The number of aromatic nitrogens is 2. The third kappa shape index (κ3) is 3.72. The van der Waals surface area contributed by atoms with Crippen LogP contribution in [0.3, 0.4) is 0 Å². The van der Waals surface area contributed by atoms with E-state index in [1.807, 2.05) is 6.07 Å². The molecule has 0 spiro atoms. The highest BCUT2D eigenvalue weighted by Crippen LogP contribution is 2.39. The Morgan fingerprint density at radius 1 is 1.44 bits per heavy atom. The van der Waals surface area contributed by atoms with Crippen LogP contribution in [-0.4, -0.2) is 50.7 Å². The maximum atomic E-state index is 11.2. The first-order chi connectivity index (χ1) is 13.0. The van der Waals surface area contributed by atoms with E-state index in [-0.39, 0.29) is 11.6 Å². The van der Waals surface area contributed by atoms with Crippen LogP contribution < -0.4 is 10.6 Å². The monoisotopic (exact) mass is 366 g/mol. The van der Waals surface area contributed by atoms with Crippen LogP contribution in [0.1, 0.15) is 38.3 Å². The van der Waals surface area contributed by atoms with Crippen LogP contribution in [0.25, 0.3) is 10.8 Å². The highest BCUT2D eigenvalue weighted by Gasteiger charge is 2.38. The third-order valence-electron chi connectivity index (χ3n) is 5.29. The molecule has 1 saturated heterocycles. The van der Waals surface area contributed by atoms with Crippen molar-refractivity contribution < 1.29 is 9.90 Å². The van der Waals surface area contributed by atoms with Crippen molar-refractivity contribution in [3.8, 4) is 6.07 Å². The molecule has 8 heteroatoms. The van der Waals surface area contributed by atoms with Gasteiger partial charge < -0.3 is 20.6 Å². The van der Waals surface area contributed by atoms with Gasteiger partial charge in [0.2, 0.25) is 0 Å². The number of amides is 1. The van der Waals surface area contributed by atoms with Gasteiger partial charge in [0, 0.05) is 41.6 Å². The van der Waals surface area contributed by atoms with E-state index < -0.39 is 6.09 Å². The van der Waals surface area contributed by atoms with Gasteiger partial charge in [-0.1, -0.05) is 0 Å². The molecular formula is C19H22N6O2. The van der Waals surface area contributed by atoms with Crippen molar-refractivity contribution >= 4 is 28.5 Å². The number of nitriles is 1. The summed E-state index contributed by atoms with van der Waals surface area (Å²) < 4.78 is 0.